The molecule has 0 bridgehead atoms. The normalized spacial score (nSPS) is 11.3. The summed E-state index contributed by atoms with van der Waals surface area (Å²) in [6.45, 7) is 4.29. The summed E-state index contributed by atoms with van der Waals surface area (Å²) in [6, 6.07) is 7.28. The van der Waals surface area contributed by atoms with Crippen molar-refractivity contribution in [2.24, 2.45) is 0 Å². The number of hydrogen-bond acceptors (Lipinski definition) is 3. The Morgan fingerprint density at radius 3 is 2.59 bits per heavy atom. The Hall–Kier alpha value is -1.84. The van der Waals surface area contributed by atoms with Gasteiger partial charge in [-0.05, 0) is 24.1 Å². The molecule has 0 aromatic heterocycles. The molecule has 0 fully saturated rings. The summed E-state index contributed by atoms with van der Waals surface area (Å²) in [5, 5.41) is 10.5. The second-order valence-electron chi connectivity index (χ2n) is 3.81. The summed E-state index contributed by atoms with van der Waals surface area (Å²) in [5.41, 5.74) is 0.937. The second-order valence-corrected chi connectivity index (χ2v) is 3.81. The Morgan fingerprint density at radius 1 is 1.41 bits per heavy atom. The van der Waals surface area contributed by atoms with Crippen LogP contribution in [0.15, 0.2) is 30.0 Å². The van der Waals surface area contributed by atoms with Gasteiger partial charge in [0, 0.05) is 13.0 Å². The third-order valence-electron chi connectivity index (χ3n) is 2.31. The number of nitro groups is 1. The van der Waals surface area contributed by atoms with Gasteiger partial charge in [0.1, 0.15) is 5.75 Å². The fourth-order valence-electron chi connectivity index (χ4n) is 1.29. The molecular formula is C13H17NO3. The van der Waals surface area contributed by atoms with Crippen molar-refractivity contribution in [3.63, 3.8) is 0 Å². The van der Waals surface area contributed by atoms with Gasteiger partial charge in [-0.15, -0.1) is 0 Å². The van der Waals surface area contributed by atoms with Gasteiger partial charge >= 0.3 is 0 Å². The van der Waals surface area contributed by atoms with Crippen LogP contribution in [-0.2, 0) is 0 Å². The quantitative estimate of drug-likeness (QED) is 0.430. The highest BCUT2D eigenvalue weighted by Crippen LogP contribution is 2.15. The summed E-state index contributed by atoms with van der Waals surface area (Å²) in [4.78, 5) is 10.1. The van der Waals surface area contributed by atoms with Gasteiger partial charge in [0.2, 0.25) is 5.70 Å². The van der Waals surface area contributed by atoms with Crippen molar-refractivity contribution in [1.82, 2.24) is 0 Å². The molecule has 0 saturated carbocycles. The van der Waals surface area contributed by atoms with Crippen LogP contribution in [0.5, 0.6) is 5.75 Å². The van der Waals surface area contributed by atoms with Crippen LogP contribution in [0.3, 0.4) is 0 Å². The lowest BCUT2D eigenvalue weighted by molar-refractivity contribution is -0.422. The maximum Gasteiger partial charge on any atom is 0.243 e. The van der Waals surface area contributed by atoms with Crippen molar-refractivity contribution in [2.75, 3.05) is 6.61 Å². The van der Waals surface area contributed by atoms with E-state index in [1.165, 1.54) is 13.0 Å². The smallest absolute Gasteiger partial charge is 0.243 e. The van der Waals surface area contributed by atoms with Crippen LogP contribution in [0, 0.1) is 10.1 Å². The highest BCUT2D eigenvalue weighted by atomic mass is 16.6. The monoisotopic (exact) mass is 235 g/mol. The predicted molar refractivity (Wildman–Crippen MR) is 67.5 cm³/mol. The Labute approximate surface area is 101 Å². The zero-order valence-electron chi connectivity index (χ0n) is 10.2. The molecule has 0 heterocycles. The van der Waals surface area contributed by atoms with Crippen molar-refractivity contribution in [1.29, 1.82) is 0 Å². The van der Waals surface area contributed by atoms with E-state index in [1.54, 1.807) is 0 Å². The highest BCUT2D eigenvalue weighted by Gasteiger charge is 2.01. The second kappa shape index (κ2) is 6.68. The standard InChI is InChI=1S/C13H17NO3/c1-3-4-9-17-13-7-5-12(6-8-13)10-11(2)14(15)16/h5-8,10H,3-4,9H2,1-2H3. The summed E-state index contributed by atoms with van der Waals surface area (Å²) in [5.74, 6) is 0.800. The minimum Gasteiger partial charge on any atom is -0.494 e. The van der Waals surface area contributed by atoms with E-state index in [1.807, 2.05) is 24.3 Å². The maximum absolute atomic E-state index is 10.5. The predicted octanol–water partition coefficient (Wildman–Crippen LogP) is 3.50. The van der Waals surface area contributed by atoms with Crippen LogP contribution in [-0.4, -0.2) is 11.5 Å². The van der Waals surface area contributed by atoms with E-state index in [-0.39, 0.29) is 5.70 Å². The molecule has 4 nitrogen and oxygen atoms in total. The van der Waals surface area contributed by atoms with E-state index in [9.17, 15) is 10.1 Å². The van der Waals surface area contributed by atoms with E-state index < -0.39 is 4.92 Å². The summed E-state index contributed by atoms with van der Waals surface area (Å²) in [7, 11) is 0. The number of allylic oxidation sites excluding steroid dienone is 1. The number of nitrogens with zero attached hydrogens (tertiary/aromatic N) is 1. The molecule has 0 spiro atoms. The molecule has 0 aliphatic heterocycles. The molecule has 1 rings (SSSR count). The maximum atomic E-state index is 10.5. The molecule has 0 saturated heterocycles. The van der Waals surface area contributed by atoms with E-state index in [0.29, 0.717) is 6.61 Å². The van der Waals surface area contributed by atoms with Crippen LogP contribution < -0.4 is 4.74 Å². The first-order valence-electron chi connectivity index (χ1n) is 5.69. The van der Waals surface area contributed by atoms with Gasteiger partial charge in [-0.1, -0.05) is 25.5 Å². The van der Waals surface area contributed by atoms with Crippen molar-refractivity contribution >= 4 is 6.08 Å². The van der Waals surface area contributed by atoms with Crippen LogP contribution in [0.25, 0.3) is 6.08 Å². The third kappa shape index (κ3) is 4.68. The Balaban J connectivity index is 2.62. The van der Waals surface area contributed by atoms with Crippen molar-refractivity contribution < 1.29 is 9.66 Å². The lowest BCUT2D eigenvalue weighted by atomic mass is 10.2. The van der Waals surface area contributed by atoms with Gasteiger partial charge in [0.25, 0.3) is 0 Å². The lowest BCUT2D eigenvalue weighted by Crippen LogP contribution is -1.96. The van der Waals surface area contributed by atoms with Gasteiger partial charge in [-0.2, -0.15) is 0 Å². The topological polar surface area (TPSA) is 52.4 Å². The lowest BCUT2D eigenvalue weighted by Gasteiger charge is -2.04. The molecule has 0 radical (unpaired) electrons. The molecule has 1 aromatic rings. The molecular weight excluding hydrogens is 218 g/mol. The number of benzene rings is 1. The first kappa shape index (κ1) is 13.2. The summed E-state index contributed by atoms with van der Waals surface area (Å²) in [6.07, 6.45) is 3.67. The van der Waals surface area contributed by atoms with Crippen LogP contribution in [0.2, 0.25) is 0 Å². The van der Waals surface area contributed by atoms with E-state index in [0.717, 1.165) is 24.2 Å². The van der Waals surface area contributed by atoms with Gasteiger partial charge in [-0.3, -0.25) is 10.1 Å². The Kier molecular flexibility index (Phi) is 5.20. The first-order chi connectivity index (χ1) is 8.13. The zero-order valence-corrected chi connectivity index (χ0v) is 10.2. The van der Waals surface area contributed by atoms with Crippen molar-refractivity contribution in [3.8, 4) is 5.75 Å². The number of unbranched alkanes of at least 4 members (excludes halogenated alkanes) is 1. The van der Waals surface area contributed by atoms with Gasteiger partial charge in [0.15, 0.2) is 0 Å². The molecule has 0 unspecified atom stereocenters. The van der Waals surface area contributed by atoms with E-state index in [4.69, 9.17) is 4.74 Å². The molecule has 4 heteroatoms. The number of rotatable bonds is 6. The summed E-state index contributed by atoms with van der Waals surface area (Å²) < 4.78 is 5.50. The minimum atomic E-state index is -0.397. The molecule has 0 aliphatic rings. The van der Waals surface area contributed by atoms with Gasteiger partial charge < -0.3 is 4.74 Å². The van der Waals surface area contributed by atoms with Crippen molar-refractivity contribution in [3.05, 3.63) is 45.6 Å². The Bertz CT molecular complexity index is 396. The average Bonchev–Trinajstić information content (AvgIpc) is 2.31. The number of hydrogen-bond donors (Lipinski definition) is 0. The van der Waals surface area contributed by atoms with Crippen LogP contribution in [0.1, 0.15) is 32.3 Å². The van der Waals surface area contributed by atoms with Crippen LogP contribution in [0.4, 0.5) is 0 Å². The Morgan fingerprint density at radius 2 is 2.06 bits per heavy atom. The number of ether oxygens (including phenoxy) is 1. The van der Waals surface area contributed by atoms with Crippen LogP contribution >= 0.6 is 0 Å². The highest BCUT2D eigenvalue weighted by molar-refractivity contribution is 5.51. The zero-order chi connectivity index (χ0) is 12.7. The molecule has 92 valence electrons. The summed E-state index contributed by atoms with van der Waals surface area (Å²) >= 11 is 0. The molecule has 1 aromatic carbocycles. The fraction of sp³-hybridized carbons (Fsp3) is 0.385. The van der Waals surface area contributed by atoms with Crippen molar-refractivity contribution in [2.45, 2.75) is 26.7 Å². The molecule has 0 aliphatic carbocycles. The van der Waals surface area contributed by atoms with E-state index >= 15 is 0 Å². The molecule has 0 amide bonds. The molecule has 0 N–H and O–H groups in total. The molecule has 17 heavy (non-hydrogen) atoms. The SMILES string of the molecule is CCCCOc1ccc(C=C(C)[N+](=O)[O-])cc1. The first-order valence-corrected chi connectivity index (χ1v) is 5.69. The molecule has 0 atom stereocenters. The van der Waals surface area contributed by atoms with E-state index in [2.05, 4.69) is 6.92 Å². The third-order valence-corrected chi connectivity index (χ3v) is 2.31. The van der Waals surface area contributed by atoms with Gasteiger partial charge in [-0.25, -0.2) is 0 Å². The van der Waals surface area contributed by atoms with Gasteiger partial charge in [0.05, 0.1) is 11.5 Å². The minimum absolute atomic E-state index is 0.129. The fourth-order valence-corrected chi connectivity index (χ4v) is 1.29. The average molecular weight is 235 g/mol. The largest absolute Gasteiger partial charge is 0.494 e.